The van der Waals surface area contributed by atoms with Crippen LogP contribution in [0.1, 0.15) is 21.6 Å². The van der Waals surface area contributed by atoms with Gasteiger partial charge in [0.1, 0.15) is 17.3 Å². The largest absolute Gasteiger partial charge is 0.292 e. The molecule has 0 aliphatic rings. The number of hydrogen-bond donors (Lipinski definition) is 0. The third-order valence-corrected chi connectivity index (χ3v) is 2.67. The van der Waals surface area contributed by atoms with Crippen molar-refractivity contribution in [2.45, 2.75) is 13.3 Å². The second-order valence-electron chi connectivity index (χ2n) is 3.97. The van der Waals surface area contributed by atoms with Crippen LogP contribution in [0, 0.1) is 18.6 Å². The van der Waals surface area contributed by atoms with Crippen molar-refractivity contribution in [1.82, 2.24) is 4.98 Å². The lowest BCUT2D eigenvalue weighted by Gasteiger charge is -2.05. The van der Waals surface area contributed by atoms with E-state index in [1.807, 2.05) is 0 Å². The molecule has 18 heavy (non-hydrogen) atoms. The number of carbonyl (C=O) groups is 1. The van der Waals surface area contributed by atoms with E-state index in [0.717, 1.165) is 12.1 Å². The SMILES string of the molecule is Cc1cccnc1C(=O)Cc1c(F)cccc1F. The molecule has 2 nitrogen and oxygen atoms in total. The van der Waals surface area contributed by atoms with E-state index >= 15 is 0 Å². The molecule has 0 aliphatic carbocycles. The zero-order chi connectivity index (χ0) is 13.1. The van der Waals surface area contributed by atoms with Crippen LogP contribution in [-0.2, 0) is 6.42 Å². The zero-order valence-electron chi connectivity index (χ0n) is 9.78. The Hall–Kier alpha value is -2.10. The molecule has 0 amide bonds. The van der Waals surface area contributed by atoms with Crippen molar-refractivity contribution < 1.29 is 13.6 Å². The first-order chi connectivity index (χ1) is 8.59. The number of rotatable bonds is 3. The minimum absolute atomic E-state index is 0.215. The van der Waals surface area contributed by atoms with Crippen molar-refractivity contribution in [2.75, 3.05) is 0 Å². The summed E-state index contributed by atoms with van der Waals surface area (Å²) in [6.45, 7) is 1.73. The van der Waals surface area contributed by atoms with Gasteiger partial charge in [-0.25, -0.2) is 8.78 Å². The predicted octanol–water partition coefficient (Wildman–Crippen LogP) is 3.09. The molecule has 0 fully saturated rings. The van der Waals surface area contributed by atoms with E-state index in [0.29, 0.717) is 5.56 Å². The van der Waals surface area contributed by atoms with Crippen LogP contribution in [0.25, 0.3) is 0 Å². The highest BCUT2D eigenvalue weighted by Crippen LogP contribution is 2.15. The summed E-state index contributed by atoms with van der Waals surface area (Å²) in [6.07, 6.45) is 1.16. The minimum Gasteiger partial charge on any atom is -0.292 e. The van der Waals surface area contributed by atoms with E-state index in [9.17, 15) is 13.6 Å². The number of ketones is 1. The Bertz CT molecular complexity index is 576. The topological polar surface area (TPSA) is 30.0 Å². The molecule has 1 heterocycles. The third-order valence-electron chi connectivity index (χ3n) is 2.67. The Balaban J connectivity index is 2.30. The first kappa shape index (κ1) is 12.4. The van der Waals surface area contributed by atoms with Crippen LogP contribution in [-0.4, -0.2) is 10.8 Å². The number of carbonyl (C=O) groups excluding carboxylic acids is 1. The zero-order valence-corrected chi connectivity index (χ0v) is 9.78. The molecule has 92 valence electrons. The molecule has 2 aromatic rings. The average Bonchev–Trinajstić information content (AvgIpc) is 2.34. The normalized spacial score (nSPS) is 10.4. The lowest BCUT2D eigenvalue weighted by atomic mass is 10.0. The van der Waals surface area contributed by atoms with Gasteiger partial charge in [0.2, 0.25) is 0 Å². The van der Waals surface area contributed by atoms with Crippen LogP contribution in [0.2, 0.25) is 0 Å². The third kappa shape index (κ3) is 2.42. The lowest BCUT2D eigenvalue weighted by molar-refractivity contribution is 0.0985. The van der Waals surface area contributed by atoms with E-state index in [2.05, 4.69) is 4.98 Å². The Morgan fingerprint density at radius 1 is 1.17 bits per heavy atom. The Morgan fingerprint density at radius 2 is 1.83 bits per heavy atom. The number of aryl methyl sites for hydroxylation is 1. The van der Waals surface area contributed by atoms with Gasteiger partial charge in [0.25, 0.3) is 0 Å². The summed E-state index contributed by atoms with van der Waals surface area (Å²) in [4.78, 5) is 15.9. The van der Waals surface area contributed by atoms with E-state index in [1.165, 1.54) is 12.3 Å². The maximum atomic E-state index is 13.4. The summed E-state index contributed by atoms with van der Waals surface area (Å²) in [6, 6.07) is 6.98. The van der Waals surface area contributed by atoms with Gasteiger partial charge in [0, 0.05) is 18.2 Å². The standard InChI is InChI=1S/C14H11F2NO/c1-9-4-3-7-17-14(9)13(18)8-10-11(15)5-2-6-12(10)16/h2-7H,8H2,1H3. The summed E-state index contributed by atoms with van der Waals surface area (Å²) in [7, 11) is 0. The first-order valence-electron chi connectivity index (χ1n) is 5.47. The Morgan fingerprint density at radius 3 is 2.44 bits per heavy atom. The van der Waals surface area contributed by atoms with Gasteiger partial charge in [0.05, 0.1) is 0 Å². The fraction of sp³-hybridized carbons (Fsp3) is 0.143. The average molecular weight is 247 g/mol. The number of benzene rings is 1. The van der Waals surface area contributed by atoms with Gasteiger partial charge < -0.3 is 0 Å². The fourth-order valence-electron chi connectivity index (χ4n) is 1.72. The molecule has 0 saturated heterocycles. The van der Waals surface area contributed by atoms with Crippen molar-refractivity contribution in [3.8, 4) is 0 Å². The molecule has 0 atom stereocenters. The first-order valence-corrected chi connectivity index (χ1v) is 5.47. The number of halogens is 2. The van der Waals surface area contributed by atoms with Gasteiger partial charge in [-0.05, 0) is 30.7 Å². The van der Waals surface area contributed by atoms with Gasteiger partial charge >= 0.3 is 0 Å². The summed E-state index contributed by atoms with van der Waals surface area (Å²) in [5, 5.41) is 0. The number of hydrogen-bond acceptors (Lipinski definition) is 2. The Kier molecular flexibility index (Phi) is 3.46. The quantitative estimate of drug-likeness (QED) is 0.780. The fourth-order valence-corrected chi connectivity index (χ4v) is 1.72. The number of nitrogens with zero attached hydrogens (tertiary/aromatic N) is 1. The molecule has 4 heteroatoms. The maximum absolute atomic E-state index is 13.4. The molecule has 1 aromatic heterocycles. The smallest absolute Gasteiger partial charge is 0.186 e. The molecule has 2 rings (SSSR count). The van der Waals surface area contributed by atoms with E-state index in [4.69, 9.17) is 0 Å². The Labute approximate surface area is 103 Å². The molecule has 0 bridgehead atoms. The van der Waals surface area contributed by atoms with Crippen LogP contribution in [0.4, 0.5) is 8.78 Å². The number of aromatic nitrogens is 1. The summed E-state index contributed by atoms with van der Waals surface area (Å²) in [5.41, 5.74) is 0.729. The van der Waals surface area contributed by atoms with Crippen LogP contribution in [0.5, 0.6) is 0 Å². The van der Waals surface area contributed by atoms with Crippen molar-refractivity contribution in [1.29, 1.82) is 0 Å². The minimum atomic E-state index is -0.711. The van der Waals surface area contributed by atoms with E-state index < -0.39 is 17.4 Å². The second-order valence-corrected chi connectivity index (χ2v) is 3.97. The molecular weight excluding hydrogens is 236 g/mol. The van der Waals surface area contributed by atoms with Crippen LogP contribution >= 0.6 is 0 Å². The summed E-state index contributed by atoms with van der Waals surface area (Å²) < 4.78 is 26.8. The predicted molar refractivity (Wildman–Crippen MR) is 63.4 cm³/mol. The van der Waals surface area contributed by atoms with Crippen LogP contribution < -0.4 is 0 Å². The van der Waals surface area contributed by atoms with Crippen molar-refractivity contribution >= 4 is 5.78 Å². The molecular formula is C14H11F2NO. The highest BCUT2D eigenvalue weighted by molar-refractivity contribution is 5.96. The maximum Gasteiger partial charge on any atom is 0.186 e. The molecule has 0 aliphatic heterocycles. The van der Waals surface area contributed by atoms with Crippen LogP contribution in [0.3, 0.4) is 0 Å². The summed E-state index contributed by atoms with van der Waals surface area (Å²) in [5.74, 6) is -1.81. The second kappa shape index (κ2) is 5.04. The van der Waals surface area contributed by atoms with Gasteiger partial charge in [-0.1, -0.05) is 12.1 Å². The van der Waals surface area contributed by atoms with Gasteiger partial charge in [-0.3, -0.25) is 9.78 Å². The van der Waals surface area contributed by atoms with Gasteiger partial charge in [-0.15, -0.1) is 0 Å². The van der Waals surface area contributed by atoms with E-state index in [1.54, 1.807) is 19.1 Å². The molecule has 1 aromatic carbocycles. The molecule has 0 N–H and O–H groups in total. The highest BCUT2D eigenvalue weighted by atomic mass is 19.1. The molecule has 0 radical (unpaired) electrons. The molecule has 0 saturated carbocycles. The molecule has 0 spiro atoms. The number of pyridine rings is 1. The van der Waals surface area contributed by atoms with Crippen molar-refractivity contribution in [3.63, 3.8) is 0 Å². The molecule has 0 unspecified atom stereocenters. The van der Waals surface area contributed by atoms with Crippen LogP contribution in [0.15, 0.2) is 36.5 Å². The lowest BCUT2D eigenvalue weighted by Crippen LogP contribution is -2.10. The summed E-state index contributed by atoms with van der Waals surface area (Å²) >= 11 is 0. The van der Waals surface area contributed by atoms with Crippen molar-refractivity contribution in [2.24, 2.45) is 0 Å². The monoisotopic (exact) mass is 247 g/mol. The van der Waals surface area contributed by atoms with Crippen molar-refractivity contribution in [3.05, 3.63) is 65.0 Å². The van der Waals surface area contributed by atoms with Gasteiger partial charge in [-0.2, -0.15) is 0 Å². The number of Topliss-reactive ketones (excluding diaryl/α,β-unsaturated/α-hetero) is 1. The van der Waals surface area contributed by atoms with E-state index in [-0.39, 0.29) is 17.7 Å². The van der Waals surface area contributed by atoms with Gasteiger partial charge in [0.15, 0.2) is 5.78 Å². The highest BCUT2D eigenvalue weighted by Gasteiger charge is 2.16.